The number of halogens is 2. The van der Waals surface area contributed by atoms with E-state index in [0.29, 0.717) is 43.6 Å². The smallest absolute Gasteiger partial charge is 0.233 e. The first-order chi connectivity index (χ1) is 10.0. The Morgan fingerprint density at radius 2 is 1.19 bits per heavy atom. The number of benzene rings is 2. The van der Waals surface area contributed by atoms with Crippen LogP contribution in [0.3, 0.4) is 0 Å². The SMILES string of the molecule is [B]c1cc(Cl)cc2c1OC1OC2Oc2c([B])cc(Cl)cc21. The van der Waals surface area contributed by atoms with Crippen LogP contribution in [0.15, 0.2) is 24.3 Å². The molecule has 0 spiro atoms. The molecule has 21 heavy (non-hydrogen) atoms. The first-order valence-corrected chi connectivity index (χ1v) is 6.95. The fourth-order valence-electron chi connectivity index (χ4n) is 2.55. The summed E-state index contributed by atoms with van der Waals surface area (Å²) < 4.78 is 17.4. The van der Waals surface area contributed by atoms with Gasteiger partial charge in [-0.2, -0.15) is 0 Å². The molecule has 0 saturated heterocycles. The molecular formula is C14H6B2Cl2O3. The fourth-order valence-corrected chi connectivity index (χ4v) is 3.02. The average molecular weight is 315 g/mol. The van der Waals surface area contributed by atoms with Gasteiger partial charge in [-0.25, -0.2) is 0 Å². The summed E-state index contributed by atoms with van der Waals surface area (Å²) >= 11 is 12.0. The Morgan fingerprint density at radius 3 is 1.62 bits per heavy atom. The minimum absolute atomic E-state index is 0.429. The Bertz CT molecular complexity index is 703. The summed E-state index contributed by atoms with van der Waals surface area (Å²) in [6.45, 7) is 0. The second-order valence-electron chi connectivity index (χ2n) is 4.86. The fraction of sp³-hybridized carbons (Fsp3) is 0.143. The average Bonchev–Trinajstić information content (AvgIpc) is 2.41. The molecule has 2 atom stereocenters. The largest absolute Gasteiger partial charge is 0.460 e. The lowest BCUT2D eigenvalue weighted by atomic mass is 9.89. The van der Waals surface area contributed by atoms with E-state index in [0.717, 1.165) is 0 Å². The van der Waals surface area contributed by atoms with E-state index in [2.05, 4.69) is 0 Å². The quantitative estimate of drug-likeness (QED) is 0.697. The van der Waals surface area contributed by atoms with Crippen molar-refractivity contribution >= 4 is 49.8 Å². The maximum Gasteiger partial charge on any atom is 0.233 e. The van der Waals surface area contributed by atoms with Gasteiger partial charge in [0.1, 0.15) is 27.2 Å². The van der Waals surface area contributed by atoms with Gasteiger partial charge in [-0.15, -0.1) is 0 Å². The van der Waals surface area contributed by atoms with Crippen molar-refractivity contribution in [2.24, 2.45) is 0 Å². The van der Waals surface area contributed by atoms with E-state index in [1.807, 2.05) is 0 Å². The van der Waals surface area contributed by atoms with Crippen LogP contribution in [0, 0.1) is 0 Å². The highest BCUT2D eigenvalue weighted by atomic mass is 35.5. The molecule has 0 amide bonds. The molecule has 0 aromatic heterocycles. The van der Waals surface area contributed by atoms with E-state index in [4.69, 9.17) is 53.1 Å². The molecule has 2 aromatic rings. The Labute approximate surface area is 133 Å². The lowest BCUT2D eigenvalue weighted by Crippen LogP contribution is -2.34. The van der Waals surface area contributed by atoms with Crippen LogP contribution in [0.2, 0.25) is 10.0 Å². The molecule has 2 unspecified atom stereocenters. The third-order valence-electron chi connectivity index (χ3n) is 3.43. The van der Waals surface area contributed by atoms with E-state index >= 15 is 0 Å². The highest BCUT2D eigenvalue weighted by Gasteiger charge is 2.39. The summed E-state index contributed by atoms with van der Waals surface area (Å²) in [5, 5.41) is 0.964. The number of ether oxygens (including phenoxy) is 3. The zero-order valence-electron chi connectivity index (χ0n) is 10.6. The summed E-state index contributed by atoms with van der Waals surface area (Å²) in [7, 11) is 11.9. The number of hydrogen-bond acceptors (Lipinski definition) is 3. The van der Waals surface area contributed by atoms with Crippen molar-refractivity contribution in [3.8, 4) is 11.5 Å². The van der Waals surface area contributed by atoms with Crippen LogP contribution < -0.4 is 20.4 Å². The van der Waals surface area contributed by atoms with Gasteiger partial charge in [0.2, 0.25) is 12.6 Å². The van der Waals surface area contributed by atoms with Gasteiger partial charge in [-0.3, -0.25) is 4.74 Å². The van der Waals surface area contributed by atoms with Crippen LogP contribution >= 0.6 is 23.2 Å². The van der Waals surface area contributed by atoms with Crippen LogP contribution in [0.4, 0.5) is 0 Å². The van der Waals surface area contributed by atoms with Crippen molar-refractivity contribution in [2.45, 2.75) is 12.6 Å². The van der Waals surface area contributed by atoms with Gasteiger partial charge < -0.3 is 9.47 Å². The lowest BCUT2D eigenvalue weighted by Gasteiger charge is -2.39. The van der Waals surface area contributed by atoms with E-state index in [1.165, 1.54) is 0 Å². The van der Waals surface area contributed by atoms with Gasteiger partial charge in [-0.05, 0) is 24.3 Å². The van der Waals surface area contributed by atoms with E-state index in [1.54, 1.807) is 24.3 Å². The monoisotopic (exact) mass is 314 g/mol. The topological polar surface area (TPSA) is 27.7 Å². The summed E-state index contributed by atoms with van der Waals surface area (Å²) in [6.07, 6.45) is -1.34. The highest BCUT2D eigenvalue weighted by Crippen LogP contribution is 2.47. The maximum atomic E-state index is 6.02. The molecular weight excluding hydrogens is 309 g/mol. The van der Waals surface area contributed by atoms with Crippen molar-refractivity contribution in [3.05, 3.63) is 45.4 Å². The van der Waals surface area contributed by atoms with E-state index < -0.39 is 12.6 Å². The minimum Gasteiger partial charge on any atom is -0.460 e. The van der Waals surface area contributed by atoms with Crippen LogP contribution in [0.5, 0.6) is 11.5 Å². The van der Waals surface area contributed by atoms with Gasteiger partial charge in [-0.1, -0.05) is 34.1 Å². The van der Waals surface area contributed by atoms with Crippen LogP contribution in [0.25, 0.3) is 0 Å². The third kappa shape index (κ3) is 2.03. The van der Waals surface area contributed by atoms with Crippen molar-refractivity contribution < 1.29 is 14.2 Å². The molecule has 100 valence electrons. The standard InChI is InChI=1S/C14H6B2Cl2O3/c15-9-3-5(17)1-7-11(9)19-14-8-2-6(18)4-10(16)12(8)20-13(7)21-14/h1-4,13-14H. The van der Waals surface area contributed by atoms with E-state index in [9.17, 15) is 0 Å². The van der Waals surface area contributed by atoms with Gasteiger partial charge in [0.05, 0.1) is 11.1 Å². The first kappa shape index (κ1) is 13.4. The molecule has 3 nitrogen and oxygen atoms in total. The molecule has 0 saturated carbocycles. The Hall–Kier alpha value is -1.29. The zero-order chi connectivity index (χ0) is 14.7. The van der Waals surface area contributed by atoms with E-state index in [-0.39, 0.29) is 0 Å². The van der Waals surface area contributed by atoms with Gasteiger partial charge in [0.25, 0.3) is 0 Å². The molecule has 2 bridgehead atoms. The molecule has 2 aliphatic rings. The minimum atomic E-state index is -0.671. The molecule has 2 aromatic carbocycles. The van der Waals surface area contributed by atoms with Gasteiger partial charge >= 0.3 is 0 Å². The van der Waals surface area contributed by atoms with Crippen LogP contribution in [0.1, 0.15) is 23.7 Å². The Kier molecular flexibility index (Phi) is 2.93. The molecule has 4 radical (unpaired) electrons. The van der Waals surface area contributed by atoms with Crippen molar-refractivity contribution in [2.75, 3.05) is 0 Å². The maximum absolute atomic E-state index is 6.02. The van der Waals surface area contributed by atoms with Crippen LogP contribution in [-0.2, 0) is 4.74 Å². The van der Waals surface area contributed by atoms with Crippen molar-refractivity contribution in [1.29, 1.82) is 0 Å². The number of fused-ring (bicyclic) bond motifs is 6. The molecule has 4 rings (SSSR count). The Balaban J connectivity index is 1.89. The molecule has 7 heteroatoms. The molecule has 2 heterocycles. The van der Waals surface area contributed by atoms with Crippen molar-refractivity contribution in [1.82, 2.24) is 0 Å². The number of hydrogen-bond donors (Lipinski definition) is 0. The first-order valence-electron chi connectivity index (χ1n) is 6.19. The summed E-state index contributed by atoms with van der Waals surface area (Å²) in [5.74, 6) is 1.01. The summed E-state index contributed by atoms with van der Waals surface area (Å²) in [6, 6.07) is 6.64. The predicted molar refractivity (Wildman–Crippen MR) is 81.5 cm³/mol. The lowest BCUT2D eigenvalue weighted by molar-refractivity contribution is -0.226. The second-order valence-corrected chi connectivity index (χ2v) is 5.74. The zero-order valence-corrected chi connectivity index (χ0v) is 12.1. The Morgan fingerprint density at radius 1 is 0.762 bits per heavy atom. The number of rotatable bonds is 0. The second kappa shape index (κ2) is 4.60. The predicted octanol–water partition coefficient (Wildman–Crippen LogP) is 2.08. The molecule has 0 aliphatic carbocycles. The van der Waals surface area contributed by atoms with Gasteiger partial charge in [0.15, 0.2) is 0 Å². The third-order valence-corrected chi connectivity index (χ3v) is 3.86. The highest BCUT2D eigenvalue weighted by molar-refractivity contribution is 6.38. The van der Waals surface area contributed by atoms with Crippen LogP contribution in [-0.4, -0.2) is 15.7 Å². The molecule has 0 N–H and O–H groups in total. The van der Waals surface area contributed by atoms with Gasteiger partial charge in [0, 0.05) is 10.0 Å². The van der Waals surface area contributed by atoms with Crippen molar-refractivity contribution in [3.63, 3.8) is 0 Å². The summed E-state index contributed by atoms with van der Waals surface area (Å²) in [5.41, 5.74) is 2.13. The molecule has 2 aliphatic heterocycles. The molecule has 0 fully saturated rings. The summed E-state index contributed by atoms with van der Waals surface area (Å²) in [4.78, 5) is 0. The normalized spacial score (nSPS) is 21.8.